The molecule has 20 heavy (non-hydrogen) atoms. The van der Waals surface area contributed by atoms with Gasteiger partial charge in [-0.15, -0.1) is 11.3 Å². The molecule has 1 N–H and O–H groups in total. The normalized spacial score (nSPS) is 12.2. The molecule has 0 spiro atoms. The van der Waals surface area contributed by atoms with Crippen LogP contribution < -0.4 is 4.72 Å². The maximum absolute atomic E-state index is 12.0. The van der Waals surface area contributed by atoms with Crippen molar-refractivity contribution in [3.63, 3.8) is 0 Å². The Hall–Kier alpha value is -1.35. The average Bonchev–Trinajstić information content (AvgIpc) is 3.06. The number of hydrogen-bond donors (Lipinski definition) is 1. The molecular weight excluding hydrogens is 320 g/mol. The Labute approximate surface area is 124 Å². The van der Waals surface area contributed by atoms with Crippen LogP contribution in [-0.4, -0.2) is 29.1 Å². The highest BCUT2D eigenvalue weighted by Crippen LogP contribution is 2.25. The molecule has 0 aliphatic heterocycles. The first-order valence-electron chi connectivity index (χ1n) is 5.80. The van der Waals surface area contributed by atoms with Gasteiger partial charge in [0.05, 0.1) is 10.5 Å². The van der Waals surface area contributed by atoms with Crippen molar-refractivity contribution in [3.05, 3.63) is 41.1 Å². The second-order valence-corrected chi connectivity index (χ2v) is 7.79. The number of aromatic nitrogens is 3. The first kappa shape index (κ1) is 13.6. The van der Waals surface area contributed by atoms with Crippen LogP contribution in [0.2, 0.25) is 4.34 Å². The van der Waals surface area contributed by atoms with Crippen LogP contribution in [0.3, 0.4) is 0 Å². The van der Waals surface area contributed by atoms with Gasteiger partial charge in [0, 0.05) is 31.5 Å². The van der Waals surface area contributed by atoms with Crippen molar-refractivity contribution < 1.29 is 8.42 Å². The number of sulfonamides is 1. The number of fused-ring (bicyclic) bond motifs is 1. The molecule has 9 heteroatoms. The highest BCUT2D eigenvalue weighted by atomic mass is 35.5. The van der Waals surface area contributed by atoms with Gasteiger partial charge in [-0.1, -0.05) is 11.6 Å². The standard InChI is InChI=1S/C11H11ClN4O2S2/c12-9-1-2-11(19-9)20(17,18)14-5-6-15-7-8-16-10(15)3-4-13-16/h1-4,7-8,14H,5-6H2. The molecule has 3 aromatic heterocycles. The Balaban J connectivity index is 1.67. The van der Waals surface area contributed by atoms with Crippen LogP contribution in [0.4, 0.5) is 0 Å². The summed E-state index contributed by atoms with van der Waals surface area (Å²) in [5, 5.41) is 4.09. The van der Waals surface area contributed by atoms with Gasteiger partial charge in [0.15, 0.2) is 0 Å². The summed E-state index contributed by atoms with van der Waals surface area (Å²) in [7, 11) is -3.48. The first-order chi connectivity index (χ1) is 9.56. The summed E-state index contributed by atoms with van der Waals surface area (Å²) < 4.78 is 30.9. The number of halogens is 1. The minimum Gasteiger partial charge on any atom is -0.330 e. The summed E-state index contributed by atoms with van der Waals surface area (Å²) in [5.74, 6) is 0. The van der Waals surface area contributed by atoms with Crippen LogP contribution in [0.25, 0.3) is 5.65 Å². The van der Waals surface area contributed by atoms with Crippen molar-refractivity contribution >= 4 is 38.6 Å². The first-order valence-corrected chi connectivity index (χ1v) is 8.47. The zero-order chi connectivity index (χ0) is 14.2. The predicted octanol–water partition coefficient (Wildman–Crippen LogP) is 1.83. The molecule has 0 radical (unpaired) electrons. The molecule has 3 aromatic rings. The molecule has 0 amide bonds. The number of nitrogens with zero attached hydrogens (tertiary/aromatic N) is 3. The van der Waals surface area contributed by atoms with Crippen LogP contribution in [0, 0.1) is 0 Å². The smallest absolute Gasteiger partial charge is 0.250 e. The lowest BCUT2D eigenvalue weighted by molar-refractivity contribution is 0.576. The number of imidazole rings is 1. The molecule has 0 aliphatic rings. The van der Waals surface area contributed by atoms with Gasteiger partial charge in [0.25, 0.3) is 0 Å². The van der Waals surface area contributed by atoms with Crippen molar-refractivity contribution in [3.8, 4) is 0 Å². The van der Waals surface area contributed by atoms with Crippen molar-refractivity contribution in [2.24, 2.45) is 0 Å². The molecule has 106 valence electrons. The maximum Gasteiger partial charge on any atom is 0.250 e. The number of rotatable bonds is 5. The molecule has 3 heterocycles. The summed E-state index contributed by atoms with van der Waals surface area (Å²) in [6, 6.07) is 4.94. The van der Waals surface area contributed by atoms with Crippen LogP contribution in [0.1, 0.15) is 0 Å². The summed E-state index contributed by atoms with van der Waals surface area (Å²) in [5.41, 5.74) is 0.920. The SMILES string of the molecule is O=S(=O)(NCCn1ccn2nccc12)c1ccc(Cl)s1. The molecule has 0 aromatic carbocycles. The van der Waals surface area contributed by atoms with Gasteiger partial charge in [0.2, 0.25) is 10.0 Å². The minimum atomic E-state index is -3.48. The third-order valence-electron chi connectivity index (χ3n) is 2.79. The quantitative estimate of drug-likeness (QED) is 0.776. The van der Waals surface area contributed by atoms with Gasteiger partial charge in [-0.05, 0) is 12.1 Å². The second kappa shape index (κ2) is 5.21. The van der Waals surface area contributed by atoms with Gasteiger partial charge < -0.3 is 4.57 Å². The Kier molecular flexibility index (Phi) is 3.55. The fourth-order valence-corrected chi connectivity index (χ4v) is 4.42. The lowest BCUT2D eigenvalue weighted by Crippen LogP contribution is -2.26. The Morgan fingerprint density at radius 3 is 2.90 bits per heavy atom. The minimum absolute atomic E-state index is 0.226. The van der Waals surface area contributed by atoms with E-state index in [0.29, 0.717) is 17.4 Å². The van der Waals surface area contributed by atoms with Crippen molar-refractivity contribution in [2.45, 2.75) is 10.8 Å². The summed E-state index contributed by atoms with van der Waals surface area (Å²) in [6.07, 6.45) is 5.38. The van der Waals surface area contributed by atoms with Crippen LogP contribution in [0.15, 0.2) is 41.0 Å². The predicted molar refractivity (Wildman–Crippen MR) is 77.7 cm³/mol. The van der Waals surface area contributed by atoms with E-state index in [1.54, 1.807) is 16.8 Å². The third-order valence-corrected chi connectivity index (χ3v) is 5.97. The van der Waals surface area contributed by atoms with E-state index in [1.165, 1.54) is 6.07 Å². The highest BCUT2D eigenvalue weighted by Gasteiger charge is 2.15. The van der Waals surface area contributed by atoms with Crippen molar-refractivity contribution in [1.29, 1.82) is 0 Å². The monoisotopic (exact) mass is 330 g/mol. The maximum atomic E-state index is 12.0. The molecule has 0 fully saturated rings. The summed E-state index contributed by atoms with van der Waals surface area (Å²) in [4.78, 5) is 0. The Morgan fingerprint density at radius 1 is 1.30 bits per heavy atom. The highest BCUT2D eigenvalue weighted by molar-refractivity contribution is 7.91. The van der Waals surface area contributed by atoms with E-state index in [4.69, 9.17) is 11.6 Å². The van der Waals surface area contributed by atoms with E-state index in [-0.39, 0.29) is 4.21 Å². The topological polar surface area (TPSA) is 68.4 Å². The number of nitrogens with one attached hydrogen (secondary N) is 1. The third kappa shape index (κ3) is 2.59. The summed E-state index contributed by atoms with van der Waals surface area (Å²) in [6.45, 7) is 0.827. The summed E-state index contributed by atoms with van der Waals surface area (Å²) >= 11 is 6.79. The van der Waals surface area contributed by atoms with E-state index >= 15 is 0 Å². The Bertz CT molecular complexity index is 833. The number of hydrogen-bond acceptors (Lipinski definition) is 4. The molecule has 3 rings (SSSR count). The van der Waals surface area contributed by atoms with Gasteiger partial charge in [-0.25, -0.2) is 17.7 Å². The van der Waals surface area contributed by atoms with Gasteiger partial charge in [-0.3, -0.25) is 0 Å². The lowest BCUT2D eigenvalue weighted by atomic mass is 10.6. The fraction of sp³-hybridized carbons (Fsp3) is 0.182. The van der Waals surface area contributed by atoms with Crippen LogP contribution >= 0.6 is 22.9 Å². The Morgan fingerprint density at radius 2 is 2.15 bits per heavy atom. The largest absolute Gasteiger partial charge is 0.330 e. The number of thiophene rings is 1. The van der Waals surface area contributed by atoms with Crippen molar-refractivity contribution in [2.75, 3.05) is 6.54 Å². The molecule has 0 aliphatic carbocycles. The van der Waals surface area contributed by atoms with E-state index in [0.717, 1.165) is 17.0 Å². The van der Waals surface area contributed by atoms with E-state index in [1.807, 2.05) is 23.0 Å². The van der Waals surface area contributed by atoms with Crippen molar-refractivity contribution in [1.82, 2.24) is 18.9 Å². The van der Waals surface area contributed by atoms with E-state index < -0.39 is 10.0 Å². The van der Waals surface area contributed by atoms with E-state index in [2.05, 4.69) is 9.82 Å². The molecular formula is C11H11ClN4O2S2. The second-order valence-electron chi connectivity index (χ2n) is 4.08. The molecule has 0 unspecified atom stereocenters. The van der Waals surface area contributed by atoms with Crippen LogP contribution in [0.5, 0.6) is 0 Å². The molecule has 6 nitrogen and oxygen atoms in total. The van der Waals surface area contributed by atoms with Gasteiger partial charge in [-0.2, -0.15) is 5.10 Å². The lowest BCUT2D eigenvalue weighted by Gasteiger charge is -2.06. The van der Waals surface area contributed by atoms with Crippen LogP contribution in [-0.2, 0) is 16.6 Å². The zero-order valence-electron chi connectivity index (χ0n) is 10.2. The molecule has 0 saturated carbocycles. The molecule has 0 bridgehead atoms. The fourth-order valence-electron chi connectivity index (χ4n) is 1.87. The van der Waals surface area contributed by atoms with E-state index in [9.17, 15) is 8.42 Å². The average molecular weight is 331 g/mol. The molecule has 0 saturated heterocycles. The zero-order valence-corrected chi connectivity index (χ0v) is 12.6. The van der Waals surface area contributed by atoms with Gasteiger partial charge in [0.1, 0.15) is 9.86 Å². The molecule has 0 atom stereocenters. The van der Waals surface area contributed by atoms with Gasteiger partial charge >= 0.3 is 0 Å².